The molecule has 8 nitrogen and oxygen atoms in total. The standard InChI is InChI=1S/C31H37Cl2N3O5S/c1-6-29(31(38)34-18-21(2)3)35(19-26-27(32)11-8-12-28(26)33)30(37)20-36(23-9-7-10-24(17-23)41-5)42(39,40)25-15-13-22(4)14-16-25/h7-17,21,29H,6,18-20H2,1-5H3,(H,34,38)/t29-/m0/s1. The molecule has 2 amide bonds. The molecule has 11 heteroatoms. The largest absolute Gasteiger partial charge is 0.497 e. The lowest BCUT2D eigenvalue weighted by molar-refractivity contribution is -0.140. The number of nitrogens with one attached hydrogen (secondary N) is 1. The van der Waals surface area contributed by atoms with Gasteiger partial charge in [-0.3, -0.25) is 13.9 Å². The number of hydrogen-bond acceptors (Lipinski definition) is 5. The summed E-state index contributed by atoms with van der Waals surface area (Å²) >= 11 is 12.9. The van der Waals surface area contributed by atoms with Crippen LogP contribution in [0.4, 0.5) is 5.69 Å². The van der Waals surface area contributed by atoms with E-state index in [1.807, 2.05) is 20.8 Å². The normalized spacial score (nSPS) is 12.1. The van der Waals surface area contributed by atoms with Crippen LogP contribution in [0.15, 0.2) is 71.6 Å². The van der Waals surface area contributed by atoms with E-state index in [4.69, 9.17) is 27.9 Å². The van der Waals surface area contributed by atoms with Crippen LogP contribution >= 0.6 is 23.2 Å². The highest BCUT2D eigenvalue weighted by atomic mass is 35.5. The number of amides is 2. The van der Waals surface area contributed by atoms with Crippen LogP contribution in [-0.4, -0.2) is 51.4 Å². The van der Waals surface area contributed by atoms with Crippen molar-refractivity contribution in [1.82, 2.24) is 10.2 Å². The number of nitrogens with zero attached hydrogens (tertiary/aromatic N) is 2. The predicted octanol–water partition coefficient (Wildman–Crippen LogP) is 6.09. The van der Waals surface area contributed by atoms with E-state index in [-0.39, 0.29) is 35.4 Å². The molecule has 0 spiro atoms. The molecule has 3 aromatic carbocycles. The van der Waals surface area contributed by atoms with Crippen LogP contribution in [-0.2, 0) is 26.2 Å². The van der Waals surface area contributed by atoms with Gasteiger partial charge in [0.2, 0.25) is 11.8 Å². The van der Waals surface area contributed by atoms with Gasteiger partial charge in [-0.25, -0.2) is 8.42 Å². The molecule has 1 N–H and O–H groups in total. The van der Waals surface area contributed by atoms with Gasteiger partial charge in [0.15, 0.2) is 0 Å². The minimum absolute atomic E-state index is 0.0196. The third-order valence-electron chi connectivity index (χ3n) is 6.69. The second-order valence-electron chi connectivity index (χ2n) is 10.3. The minimum atomic E-state index is -4.21. The highest BCUT2D eigenvalue weighted by Gasteiger charge is 2.34. The van der Waals surface area contributed by atoms with Gasteiger partial charge in [0.25, 0.3) is 10.0 Å². The van der Waals surface area contributed by atoms with Crippen molar-refractivity contribution in [3.05, 3.63) is 87.9 Å². The molecule has 1 atom stereocenters. The van der Waals surface area contributed by atoms with Gasteiger partial charge in [0.05, 0.1) is 17.7 Å². The Morgan fingerprint density at radius 3 is 2.17 bits per heavy atom. The quantitative estimate of drug-likeness (QED) is 0.246. The second kappa shape index (κ2) is 14.8. The lowest BCUT2D eigenvalue weighted by Gasteiger charge is -2.33. The van der Waals surface area contributed by atoms with E-state index >= 15 is 0 Å². The Hall–Kier alpha value is -3.27. The average molecular weight is 635 g/mol. The summed E-state index contributed by atoms with van der Waals surface area (Å²) in [6, 6.07) is 16.9. The summed E-state index contributed by atoms with van der Waals surface area (Å²) in [5.74, 6) is -0.340. The van der Waals surface area contributed by atoms with Gasteiger partial charge in [-0.15, -0.1) is 0 Å². The van der Waals surface area contributed by atoms with Crippen LogP contribution in [0.3, 0.4) is 0 Å². The summed E-state index contributed by atoms with van der Waals surface area (Å²) in [6.45, 7) is 7.32. The lowest BCUT2D eigenvalue weighted by atomic mass is 10.1. The summed E-state index contributed by atoms with van der Waals surface area (Å²) in [7, 11) is -2.74. The number of hydrogen-bond donors (Lipinski definition) is 1. The van der Waals surface area contributed by atoms with Gasteiger partial charge in [0.1, 0.15) is 18.3 Å². The Labute approximate surface area is 258 Å². The second-order valence-corrected chi connectivity index (χ2v) is 13.0. The van der Waals surface area contributed by atoms with Crippen molar-refractivity contribution >= 4 is 50.7 Å². The molecule has 0 aromatic heterocycles. The van der Waals surface area contributed by atoms with Crippen LogP contribution in [0.25, 0.3) is 0 Å². The first kappa shape index (κ1) is 33.2. The summed E-state index contributed by atoms with van der Waals surface area (Å²) in [5.41, 5.74) is 1.58. The summed E-state index contributed by atoms with van der Waals surface area (Å²) in [6.07, 6.45) is 0.279. The molecule has 3 rings (SSSR count). The zero-order chi connectivity index (χ0) is 31.0. The van der Waals surface area contributed by atoms with Crippen molar-refractivity contribution in [2.45, 2.75) is 51.6 Å². The highest BCUT2D eigenvalue weighted by molar-refractivity contribution is 7.92. The molecular weight excluding hydrogens is 597 g/mol. The van der Waals surface area contributed by atoms with E-state index in [1.165, 1.54) is 24.1 Å². The highest BCUT2D eigenvalue weighted by Crippen LogP contribution is 2.30. The average Bonchev–Trinajstić information content (AvgIpc) is 2.96. The van der Waals surface area contributed by atoms with Crippen molar-refractivity contribution in [3.8, 4) is 5.75 Å². The van der Waals surface area contributed by atoms with Crippen molar-refractivity contribution in [1.29, 1.82) is 0 Å². The van der Waals surface area contributed by atoms with Crippen LogP contribution in [0.5, 0.6) is 5.75 Å². The molecular formula is C31H37Cl2N3O5S. The molecule has 3 aromatic rings. The van der Waals surface area contributed by atoms with E-state index in [9.17, 15) is 18.0 Å². The first-order chi connectivity index (χ1) is 19.9. The summed E-state index contributed by atoms with van der Waals surface area (Å²) in [5, 5.41) is 3.55. The first-order valence-corrected chi connectivity index (χ1v) is 15.8. The van der Waals surface area contributed by atoms with E-state index in [2.05, 4.69) is 5.32 Å². The van der Waals surface area contributed by atoms with Crippen molar-refractivity contribution in [2.75, 3.05) is 24.5 Å². The third-order valence-corrected chi connectivity index (χ3v) is 9.19. The minimum Gasteiger partial charge on any atom is -0.497 e. The molecule has 0 bridgehead atoms. The first-order valence-electron chi connectivity index (χ1n) is 13.6. The maximum atomic E-state index is 14.2. The van der Waals surface area contributed by atoms with Gasteiger partial charge in [-0.1, -0.05) is 73.8 Å². The number of ether oxygens (including phenoxy) is 1. The van der Waals surface area contributed by atoms with Gasteiger partial charge >= 0.3 is 0 Å². The maximum Gasteiger partial charge on any atom is 0.264 e. The fraction of sp³-hybridized carbons (Fsp3) is 0.355. The Balaban J connectivity index is 2.11. The zero-order valence-electron chi connectivity index (χ0n) is 24.4. The Bertz CT molecular complexity index is 1480. The molecule has 0 radical (unpaired) electrons. The number of benzene rings is 3. The molecule has 0 heterocycles. The Kier molecular flexibility index (Phi) is 11.7. The lowest BCUT2D eigenvalue weighted by Crippen LogP contribution is -2.52. The topological polar surface area (TPSA) is 96.0 Å². The number of sulfonamides is 1. The molecule has 0 aliphatic carbocycles. The van der Waals surface area contributed by atoms with Crippen LogP contribution in [0.1, 0.15) is 38.3 Å². The van der Waals surface area contributed by atoms with Gasteiger partial charge < -0.3 is 15.0 Å². The molecule has 42 heavy (non-hydrogen) atoms. The fourth-order valence-electron chi connectivity index (χ4n) is 4.33. The van der Waals surface area contributed by atoms with Crippen LogP contribution < -0.4 is 14.4 Å². The molecule has 0 aliphatic rings. The van der Waals surface area contributed by atoms with Gasteiger partial charge in [0, 0.05) is 34.8 Å². The predicted molar refractivity (Wildman–Crippen MR) is 168 cm³/mol. The Morgan fingerprint density at radius 1 is 0.976 bits per heavy atom. The third kappa shape index (κ3) is 8.18. The van der Waals surface area contributed by atoms with Crippen LogP contribution in [0.2, 0.25) is 10.0 Å². The number of halogens is 2. The van der Waals surface area contributed by atoms with E-state index < -0.39 is 28.5 Å². The van der Waals surface area contributed by atoms with Gasteiger partial charge in [-0.2, -0.15) is 0 Å². The van der Waals surface area contributed by atoms with Gasteiger partial charge in [-0.05, 0) is 55.7 Å². The fourth-order valence-corrected chi connectivity index (χ4v) is 6.25. The molecule has 226 valence electrons. The van der Waals surface area contributed by atoms with Crippen molar-refractivity contribution in [2.24, 2.45) is 5.92 Å². The Morgan fingerprint density at radius 2 is 1.60 bits per heavy atom. The smallest absolute Gasteiger partial charge is 0.264 e. The number of carbonyl (C=O) groups excluding carboxylic acids is 2. The number of methoxy groups -OCH3 is 1. The van der Waals surface area contributed by atoms with Crippen LogP contribution in [0, 0.1) is 12.8 Å². The molecule has 0 unspecified atom stereocenters. The maximum absolute atomic E-state index is 14.2. The van der Waals surface area contributed by atoms with E-state index in [1.54, 1.807) is 61.5 Å². The molecule has 0 fully saturated rings. The molecule has 0 saturated carbocycles. The number of rotatable bonds is 13. The van der Waals surface area contributed by atoms with E-state index in [0.717, 1.165) is 9.87 Å². The monoisotopic (exact) mass is 633 g/mol. The summed E-state index contributed by atoms with van der Waals surface area (Å²) < 4.78 is 34.4. The van der Waals surface area contributed by atoms with Crippen molar-refractivity contribution in [3.63, 3.8) is 0 Å². The number of anilines is 1. The SMILES string of the molecule is CC[C@@H](C(=O)NCC(C)C)N(Cc1c(Cl)cccc1Cl)C(=O)CN(c1cccc(OC)c1)S(=O)(=O)c1ccc(C)cc1. The zero-order valence-corrected chi connectivity index (χ0v) is 26.8. The molecule has 0 saturated heterocycles. The number of aryl methyl sites for hydroxylation is 1. The summed E-state index contributed by atoms with van der Waals surface area (Å²) in [4.78, 5) is 28.9. The van der Waals surface area contributed by atoms with E-state index in [0.29, 0.717) is 27.9 Å². The van der Waals surface area contributed by atoms with Crippen molar-refractivity contribution < 1.29 is 22.7 Å². The molecule has 0 aliphatic heterocycles. The number of carbonyl (C=O) groups is 2.